The average Bonchev–Trinajstić information content (AvgIpc) is 2.72. The summed E-state index contributed by atoms with van der Waals surface area (Å²) in [4.78, 5) is 35.6. The fourth-order valence-electron chi connectivity index (χ4n) is 3.35. The zero-order valence-electron chi connectivity index (χ0n) is 17.5. The third kappa shape index (κ3) is 8.84. The van der Waals surface area contributed by atoms with Crippen LogP contribution in [0.5, 0.6) is 0 Å². The van der Waals surface area contributed by atoms with E-state index in [1.165, 1.54) is 0 Å². The molecule has 0 radical (unpaired) electrons. The number of amides is 1. The molecule has 1 fully saturated rings. The minimum Gasteiger partial charge on any atom is -0.549 e. The van der Waals surface area contributed by atoms with Gasteiger partial charge in [-0.1, -0.05) is 49.9 Å². The molecular formula is C21H27ClNNaO6. The Bertz CT molecular complexity index is 693. The van der Waals surface area contributed by atoms with Gasteiger partial charge in [0.1, 0.15) is 0 Å². The van der Waals surface area contributed by atoms with Crippen LogP contribution in [0.2, 0.25) is 5.02 Å². The van der Waals surface area contributed by atoms with Crippen LogP contribution in [0.3, 0.4) is 0 Å². The van der Waals surface area contributed by atoms with Crippen molar-refractivity contribution in [2.24, 2.45) is 5.92 Å². The molecule has 0 aliphatic heterocycles. The standard InChI is InChI=1S/C21H28ClNO6.Na/c1-2-18(28-20(26)15-6-4-3-5-7-15)29-21(27)23-13-12-17(19(24)25)14-8-10-16(22)11-9-14;/h8-11,15,17-18H,2-7,12-13H2,1H3,(H,23,27)(H,24,25);/q;+1/p-1. The molecule has 1 saturated carbocycles. The summed E-state index contributed by atoms with van der Waals surface area (Å²) in [7, 11) is 0. The summed E-state index contributed by atoms with van der Waals surface area (Å²) >= 11 is 5.82. The van der Waals surface area contributed by atoms with Gasteiger partial charge < -0.3 is 24.7 Å². The number of carbonyl (C=O) groups is 3. The SMILES string of the molecule is CCC(OC(=O)NCCC(C(=O)[O-])c1ccc(Cl)cc1)OC(=O)C1CCCCC1.[Na+]. The van der Waals surface area contributed by atoms with E-state index in [9.17, 15) is 19.5 Å². The van der Waals surface area contributed by atoms with Crippen LogP contribution in [-0.2, 0) is 19.1 Å². The number of carboxylic acids is 1. The van der Waals surface area contributed by atoms with Gasteiger partial charge in [0.05, 0.1) is 5.92 Å². The minimum atomic E-state index is -1.24. The molecule has 30 heavy (non-hydrogen) atoms. The number of esters is 1. The van der Waals surface area contributed by atoms with E-state index in [4.69, 9.17) is 21.1 Å². The van der Waals surface area contributed by atoms with E-state index in [0.29, 0.717) is 17.0 Å². The molecule has 1 aliphatic carbocycles. The number of alkyl carbamates (subject to hydrolysis) is 1. The van der Waals surface area contributed by atoms with Crippen LogP contribution in [0.4, 0.5) is 4.79 Å². The minimum absolute atomic E-state index is 0. The Morgan fingerprint density at radius 1 is 1.13 bits per heavy atom. The molecule has 7 nitrogen and oxygen atoms in total. The largest absolute Gasteiger partial charge is 1.00 e. The first-order chi connectivity index (χ1) is 13.9. The van der Waals surface area contributed by atoms with Gasteiger partial charge in [-0.05, 0) is 37.0 Å². The van der Waals surface area contributed by atoms with Gasteiger partial charge in [0, 0.05) is 29.9 Å². The molecule has 160 valence electrons. The zero-order valence-corrected chi connectivity index (χ0v) is 20.3. The van der Waals surface area contributed by atoms with Gasteiger partial charge in [0.2, 0.25) is 6.29 Å². The van der Waals surface area contributed by atoms with E-state index in [2.05, 4.69) is 5.32 Å². The number of nitrogens with one attached hydrogen (secondary N) is 1. The smallest absolute Gasteiger partial charge is 0.549 e. The molecule has 0 saturated heterocycles. The van der Waals surface area contributed by atoms with Crippen LogP contribution in [0.1, 0.15) is 63.4 Å². The summed E-state index contributed by atoms with van der Waals surface area (Å²) < 4.78 is 10.5. The van der Waals surface area contributed by atoms with Gasteiger partial charge in [0.25, 0.3) is 0 Å². The van der Waals surface area contributed by atoms with Gasteiger partial charge >= 0.3 is 41.6 Å². The molecule has 0 bridgehead atoms. The maximum Gasteiger partial charge on any atom is 1.00 e. The number of carbonyl (C=O) groups excluding carboxylic acids is 3. The van der Waals surface area contributed by atoms with E-state index < -0.39 is 24.3 Å². The number of carboxylic acid groups (broad SMARTS) is 1. The molecule has 2 unspecified atom stereocenters. The number of benzene rings is 1. The van der Waals surface area contributed by atoms with Gasteiger partial charge in [-0.15, -0.1) is 0 Å². The predicted octanol–water partition coefficient (Wildman–Crippen LogP) is 0.153. The topological polar surface area (TPSA) is 105 Å². The molecule has 0 aromatic heterocycles. The summed E-state index contributed by atoms with van der Waals surface area (Å²) in [6.07, 6.45) is 3.47. The molecule has 1 aromatic carbocycles. The third-order valence-electron chi connectivity index (χ3n) is 5.02. The fourth-order valence-corrected chi connectivity index (χ4v) is 3.48. The monoisotopic (exact) mass is 447 g/mol. The number of rotatable bonds is 9. The second kappa shape index (κ2) is 13.9. The molecular weight excluding hydrogens is 421 g/mol. The van der Waals surface area contributed by atoms with E-state index in [1.54, 1.807) is 31.2 Å². The van der Waals surface area contributed by atoms with Crippen LogP contribution in [-0.4, -0.2) is 30.9 Å². The van der Waals surface area contributed by atoms with Crippen LogP contribution < -0.4 is 40.0 Å². The predicted molar refractivity (Wildman–Crippen MR) is 105 cm³/mol. The van der Waals surface area contributed by atoms with Gasteiger partial charge in [-0.2, -0.15) is 0 Å². The number of hydrogen-bond acceptors (Lipinski definition) is 6. The molecule has 0 heterocycles. The van der Waals surface area contributed by atoms with E-state index in [0.717, 1.165) is 32.1 Å². The van der Waals surface area contributed by atoms with Crippen molar-refractivity contribution in [2.45, 2.75) is 64.1 Å². The second-order valence-corrected chi connectivity index (χ2v) is 7.59. The second-order valence-electron chi connectivity index (χ2n) is 7.15. The van der Waals surface area contributed by atoms with Crippen LogP contribution in [0, 0.1) is 5.92 Å². The molecule has 1 aromatic rings. The summed E-state index contributed by atoms with van der Waals surface area (Å²) in [5.41, 5.74) is 0.539. The Balaban J connectivity index is 0.00000450. The van der Waals surface area contributed by atoms with Crippen molar-refractivity contribution in [1.82, 2.24) is 5.32 Å². The van der Waals surface area contributed by atoms with E-state index >= 15 is 0 Å². The van der Waals surface area contributed by atoms with Crippen molar-refractivity contribution in [3.63, 3.8) is 0 Å². The number of ether oxygens (including phenoxy) is 2. The van der Waals surface area contributed by atoms with Crippen molar-refractivity contribution < 1.29 is 58.5 Å². The fraction of sp³-hybridized carbons (Fsp3) is 0.571. The molecule has 1 N–H and O–H groups in total. The van der Waals surface area contributed by atoms with Crippen LogP contribution >= 0.6 is 11.6 Å². The average molecular weight is 448 g/mol. The first-order valence-corrected chi connectivity index (χ1v) is 10.4. The first kappa shape index (κ1) is 26.8. The molecule has 1 aliphatic rings. The Labute approximate surface area is 204 Å². The van der Waals surface area contributed by atoms with E-state index in [-0.39, 0.29) is 54.4 Å². The van der Waals surface area contributed by atoms with Crippen LogP contribution in [0.25, 0.3) is 0 Å². The quantitative estimate of drug-likeness (QED) is 0.328. The van der Waals surface area contributed by atoms with E-state index in [1.807, 2.05) is 0 Å². The summed E-state index contributed by atoms with van der Waals surface area (Å²) in [5.74, 6) is -2.59. The van der Waals surface area contributed by atoms with Gasteiger partial charge in [0.15, 0.2) is 0 Å². The Morgan fingerprint density at radius 2 is 1.77 bits per heavy atom. The van der Waals surface area contributed by atoms with Crippen molar-refractivity contribution >= 4 is 29.6 Å². The molecule has 2 atom stereocenters. The van der Waals surface area contributed by atoms with Crippen molar-refractivity contribution in [1.29, 1.82) is 0 Å². The molecule has 2 rings (SSSR count). The molecule has 0 spiro atoms. The van der Waals surface area contributed by atoms with Crippen LogP contribution in [0.15, 0.2) is 24.3 Å². The Kier molecular flexibility index (Phi) is 12.4. The maximum absolute atomic E-state index is 12.2. The number of halogens is 1. The summed E-state index contributed by atoms with van der Waals surface area (Å²) in [6, 6.07) is 6.42. The molecule has 9 heteroatoms. The maximum atomic E-state index is 12.2. The summed E-state index contributed by atoms with van der Waals surface area (Å²) in [5, 5.41) is 14.4. The third-order valence-corrected chi connectivity index (χ3v) is 5.27. The van der Waals surface area contributed by atoms with Crippen molar-refractivity contribution in [2.75, 3.05) is 6.54 Å². The van der Waals surface area contributed by atoms with Crippen molar-refractivity contribution in [3.8, 4) is 0 Å². The van der Waals surface area contributed by atoms with Gasteiger partial charge in [-0.3, -0.25) is 4.79 Å². The molecule has 1 amide bonds. The number of hydrogen-bond donors (Lipinski definition) is 1. The first-order valence-electron chi connectivity index (χ1n) is 10.0. The Morgan fingerprint density at radius 3 is 2.33 bits per heavy atom. The zero-order chi connectivity index (χ0) is 21.2. The normalized spacial score (nSPS) is 15.9. The Hall–Kier alpha value is -1.28. The number of aliphatic carboxylic acids is 1. The summed E-state index contributed by atoms with van der Waals surface area (Å²) in [6.45, 7) is 1.81. The van der Waals surface area contributed by atoms with Crippen molar-refractivity contribution in [3.05, 3.63) is 34.9 Å². The van der Waals surface area contributed by atoms with Gasteiger partial charge in [-0.25, -0.2) is 4.79 Å².